The normalized spacial score (nSPS) is 19.2. The molecule has 2 aromatic rings. The minimum absolute atomic E-state index is 0.0578. The van der Waals surface area contributed by atoms with Gasteiger partial charge in [0, 0.05) is 12.1 Å². The molecule has 13 heteroatoms. The lowest BCUT2D eigenvalue weighted by atomic mass is 9.84. The molecule has 1 amide bonds. The van der Waals surface area contributed by atoms with Crippen LogP contribution in [0.5, 0.6) is 0 Å². The third-order valence-electron chi connectivity index (χ3n) is 5.24. The quantitative estimate of drug-likeness (QED) is 0.588. The fraction of sp³-hybridized carbons (Fsp3) is 0.350. The largest absolute Gasteiger partial charge is 0.419 e. The molecular formula is C20H15F8NO3S. The second-order valence-corrected chi connectivity index (χ2v) is 9.81. The lowest BCUT2D eigenvalue weighted by Crippen LogP contribution is -2.42. The van der Waals surface area contributed by atoms with Crippen LogP contribution in [0.1, 0.15) is 34.3 Å². The van der Waals surface area contributed by atoms with Crippen molar-refractivity contribution in [2.24, 2.45) is 5.92 Å². The van der Waals surface area contributed by atoms with Crippen molar-refractivity contribution in [1.82, 2.24) is 5.32 Å². The second kappa shape index (κ2) is 8.58. The Kier molecular flexibility index (Phi) is 6.48. The van der Waals surface area contributed by atoms with Crippen LogP contribution in [0.4, 0.5) is 35.1 Å². The van der Waals surface area contributed by atoms with Gasteiger partial charge in [0.2, 0.25) is 0 Å². The summed E-state index contributed by atoms with van der Waals surface area (Å²) in [6.07, 6.45) is -10.1. The number of sulfone groups is 1. The topological polar surface area (TPSA) is 63.2 Å². The molecule has 4 nitrogen and oxygen atoms in total. The number of amides is 1. The van der Waals surface area contributed by atoms with Crippen molar-refractivity contribution in [3.63, 3.8) is 0 Å². The molecule has 3 rings (SSSR count). The first-order chi connectivity index (χ1) is 15.1. The molecule has 1 aliphatic carbocycles. The van der Waals surface area contributed by atoms with Crippen LogP contribution in [0.15, 0.2) is 41.3 Å². The number of hydrogen-bond acceptors (Lipinski definition) is 3. The number of carbonyl (C=O) groups excluding carboxylic acids is 1. The first kappa shape index (κ1) is 24.9. The number of alkyl halides is 6. The number of hydrogen-bond donors (Lipinski definition) is 1. The van der Waals surface area contributed by atoms with Crippen LogP contribution >= 0.6 is 0 Å². The smallest absolute Gasteiger partial charge is 0.352 e. The molecular weight excluding hydrogens is 486 g/mol. The maximum Gasteiger partial charge on any atom is 0.419 e. The van der Waals surface area contributed by atoms with E-state index in [-0.39, 0.29) is 25.5 Å². The SMILES string of the molecule is O=C(NCC1CC(S(=O)(=O)c2cc(F)cc(C(F)(F)F)c2)C1)c1ccc(F)c(C(F)(F)F)c1. The number of halogens is 8. The van der Waals surface area contributed by atoms with Crippen molar-refractivity contribution in [1.29, 1.82) is 0 Å². The number of nitrogens with one attached hydrogen (secondary N) is 1. The van der Waals surface area contributed by atoms with Crippen LogP contribution in [0, 0.1) is 17.6 Å². The van der Waals surface area contributed by atoms with Gasteiger partial charge in [-0.05, 0) is 55.2 Å². The molecule has 0 radical (unpaired) electrons. The Morgan fingerprint density at radius 1 is 0.939 bits per heavy atom. The molecule has 180 valence electrons. The Balaban J connectivity index is 1.62. The maximum absolute atomic E-state index is 13.5. The van der Waals surface area contributed by atoms with E-state index in [9.17, 15) is 48.3 Å². The fourth-order valence-corrected chi connectivity index (χ4v) is 5.40. The van der Waals surface area contributed by atoms with E-state index in [1.165, 1.54) is 0 Å². The van der Waals surface area contributed by atoms with Crippen LogP contribution in [0.2, 0.25) is 0 Å². The van der Waals surface area contributed by atoms with Gasteiger partial charge in [0.05, 0.1) is 21.3 Å². The van der Waals surface area contributed by atoms with Crippen molar-refractivity contribution in [2.75, 3.05) is 6.54 Å². The molecule has 0 unspecified atom stereocenters. The van der Waals surface area contributed by atoms with Gasteiger partial charge in [-0.3, -0.25) is 4.79 Å². The maximum atomic E-state index is 13.5. The molecule has 0 saturated heterocycles. The van der Waals surface area contributed by atoms with Crippen molar-refractivity contribution < 1.29 is 48.3 Å². The van der Waals surface area contributed by atoms with Crippen molar-refractivity contribution in [2.45, 2.75) is 35.3 Å². The summed E-state index contributed by atoms with van der Waals surface area (Å²) >= 11 is 0. The van der Waals surface area contributed by atoms with Gasteiger partial charge in [-0.1, -0.05) is 0 Å². The molecule has 0 aliphatic heterocycles. The summed E-state index contributed by atoms with van der Waals surface area (Å²) in [6, 6.07) is 2.72. The van der Waals surface area contributed by atoms with Gasteiger partial charge in [-0.2, -0.15) is 26.3 Å². The first-order valence-corrected chi connectivity index (χ1v) is 10.9. The van der Waals surface area contributed by atoms with Crippen LogP contribution < -0.4 is 5.32 Å². The average molecular weight is 501 g/mol. The summed E-state index contributed by atoms with van der Waals surface area (Å²) in [6.45, 7) is -0.124. The van der Waals surface area contributed by atoms with Gasteiger partial charge < -0.3 is 5.32 Å². The summed E-state index contributed by atoms with van der Waals surface area (Å²) in [5, 5.41) is 1.21. The van der Waals surface area contributed by atoms with E-state index in [2.05, 4.69) is 5.32 Å². The predicted octanol–water partition coefficient (Wildman–Crippen LogP) is 4.98. The standard InChI is InChI=1S/C20H15F8NO3S/c21-13-6-12(19(23,24)25)7-15(8-13)33(31,32)14-3-10(4-14)9-29-18(30)11-1-2-17(22)16(5-11)20(26,27)28/h1-2,5-8,10,14H,3-4,9H2,(H,29,30). The van der Waals surface area contributed by atoms with E-state index in [0.29, 0.717) is 24.3 Å². The molecule has 1 aliphatic rings. The molecule has 1 N–H and O–H groups in total. The van der Waals surface area contributed by atoms with Gasteiger partial charge in [-0.25, -0.2) is 17.2 Å². The molecule has 0 spiro atoms. The van der Waals surface area contributed by atoms with Gasteiger partial charge in [-0.15, -0.1) is 0 Å². The van der Waals surface area contributed by atoms with Crippen LogP contribution in [-0.2, 0) is 22.2 Å². The van der Waals surface area contributed by atoms with Gasteiger partial charge in [0.1, 0.15) is 11.6 Å². The average Bonchev–Trinajstić information content (AvgIpc) is 2.64. The van der Waals surface area contributed by atoms with E-state index in [0.717, 1.165) is 6.07 Å². The zero-order valence-electron chi connectivity index (χ0n) is 16.4. The number of carbonyl (C=O) groups is 1. The Hall–Kier alpha value is -2.70. The predicted molar refractivity (Wildman–Crippen MR) is 98.8 cm³/mol. The molecule has 33 heavy (non-hydrogen) atoms. The molecule has 1 saturated carbocycles. The summed E-state index contributed by atoms with van der Waals surface area (Å²) in [5.41, 5.74) is -3.51. The minimum atomic E-state index is -5.00. The highest BCUT2D eigenvalue weighted by molar-refractivity contribution is 7.92. The third kappa shape index (κ3) is 5.45. The molecule has 0 heterocycles. The van der Waals surface area contributed by atoms with Crippen LogP contribution in [0.3, 0.4) is 0 Å². The lowest BCUT2D eigenvalue weighted by Gasteiger charge is -2.35. The summed E-state index contributed by atoms with van der Waals surface area (Å²) in [7, 11) is -4.28. The highest BCUT2D eigenvalue weighted by atomic mass is 32.2. The van der Waals surface area contributed by atoms with Gasteiger partial charge >= 0.3 is 12.4 Å². The van der Waals surface area contributed by atoms with Crippen LogP contribution in [-0.4, -0.2) is 26.1 Å². The Morgan fingerprint density at radius 2 is 1.58 bits per heavy atom. The first-order valence-electron chi connectivity index (χ1n) is 9.35. The van der Waals surface area contributed by atoms with Gasteiger partial charge in [0.15, 0.2) is 9.84 Å². The van der Waals surface area contributed by atoms with Crippen molar-refractivity contribution in [3.05, 3.63) is 64.7 Å². The van der Waals surface area contributed by atoms with E-state index in [4.69, 9.17) is 0 Å². The molecule has 2 aromatic carbocycles. The van der Waals surface area contributed by atoms with Crippen LogP contribution in [0.25, 0.3) is 0 Å². The second-order valence-electron chi connectivity index (χ2n) is 7.58. The number of benzene rings is 2. The molecule has 0 bridgehead atoms. The van der Waals surface area contributed by atoms with E-state index in [1.807, 2.05) is 0 Å². The van der Waals surface area contributed by atoms with E-state index >= 15 is 0 Å². The van der Waals surface area contributed by atoms with Gasteiger partial charge in [0.25, 0.3) is 5.91 Å². The van der Waals surface area contributed by atoms with Crippen molar-refractivity contribution >= 4 is 15.7 Å². The summed E-state index contributed by atoms with van der Waals surface area (Å²) in [4.78, 5) is 11.3. The molecule has 0 aromatic heterocycles. The zero-order valence-corrected chi connectivity index (χ0v) is 17.2. The molecule has 1 fully saturated rings. The fourth-order valence-electron chi connectivity index (χ4n) is 3.40. The summed E-state index contributed by atoms with van der Waals surface area (Å²) < 4.78 is 129. The Morgan fingerprint density at radius 3 is 2.15 bits per heavy atom. The zero-order chi connectivity index (χ0) is 24.8. The van der Waals surface area contributed by atoms with Crippen molar-refractivity contribution in [3.8, 4) is 0 Å². The highest BCUT2D eigenvalue weighted by Crippen LogP contribution is 2.38. The van der Waals surface area contributed by atoms with E-state index < -0.39 is 72.5 Å². The Labute approximate surface area is 182 Å². The number of rotatable bonds is 5. The summed E-state index contributed by atoms with van der Waals surface area (Å²) in [5.74, 6) is -4.26. The molecule has 0 atom stereocenters. The van der Waals surface area contributed by atoms with E-state index in [1.54, 1.807) is 0 Å². The third-order valence-corrected chi connectivity index (χ3v) is 7.40. The minimum Gasteiger partial charge on any atom is -0.352 e. The highest BCUT2D eigenvalue weighted by Gasteiger charge is 2.41. The Bertz CT molecular complexity index is 1170. The lowest BCUT2D eigenvalue weighted by molar-refractivity contribution is -0.140. The monoisotopic (exact) mass is 501 g/mol.